The summed E-state index contributed by atoms with van der Waals surface area (Å²) >= 11 is 1.63. The maximum absolute atomic E-state index is 12.9. The Morgan fingerprint density at radius 2 is 0.552 bits per heavy atom. The highest BCUT2D eigenvalue weighted by Gasteiger charge is 2.23. The van der Waals surface area contributed by atoms with Crippen molar-refractivity contribution in [2.24, 2.45) is 0 Å². The van der Waals surface area contributed by atoms with Gasteiger partial charge in [-0.1, -0.05) is 251 Å². The molecule has 0 radical (unpaired) electrons. The molecule has 0 aliphatic rings. The van der Waals surface area contributed by atoms with Gasteiger partial charge in [0.25, 0.3) is 23.6 Å². The van der Waals surface area contributed by atoms with E-state index in [1.165, 1.54) is 0 Å². The van der Waals surface area contributed by atoms with Crippen molar-refractivity contribution in [3.8, 4) is 17.2 Å². The molecule has 0 unspecified atom stereocenters. The molecule has 4 amide bonds. The normalized spacial score (nSPS) is 10.3. The fourth-order valence-corrected chi connectivity index (χ4v) is 13.3. The van der Waals surface area contributed by atoms with E-state index in [0.29, 0.717) is 111 Å². The number of thioether (sulfide) groups is 1. The van der Waals surface area contributed by atoms with Crippen LogP contribution in [0.1, 0.15) is 182 Å². The zero-order chi connectivity index (χ0) is 81.9. The van der Waals surface area contributed by atoms with Crippen LogP contribution in [-0.4, -0.2) is 72.3 Å². The average Bonchev–Trinajstić information content (AvgIpc) is 0.833. The largest absolute Gasteiger partial charge is 0.493 e. The molecule has 0 aliphatic heterocycles. The van der Waals surface area contributed by atoms with Crippen molar-refractivity contribution in [1.82, 2.24) is 0 Å². The Bertz CT molecular complexity index is 5180. The molecule has 12 aromatic carbocycles. The molecule has 0 saturated heterocycles. The van der Waals surface area contributed by atoms with E-state index in [0.717, 1.165) is 74.4 Å². The van der Waals surface area contributed by atoms with E-state index in [2.05, 4.69) is 35.1 Å². The molecule has 0 aliphatic carbocycles. The van der Waals surface area contributed by atoms with E-state index in [9.17, 15) is 38.4 Å². The van der Waals surface area contributed by atoms with Gasteiger partial charge >= 0.3 is 0 Å². The van der Waals surface area contributed by atoms with E-state index in [4.69, 9.17) is 14.2 Å². The third-order valence-corrected chi connectivity index (χ3v) is 19.0. The van der Waals surface area contributed by atoms with E-state index < -0.39 is 0 Å². The summed E-state index contributed by atoms with van der Waals surface area (Å²) in [6.45, 7) is 17.6. The van der Waals surface area contributed by atoms with E-state index in [1.54, 1.807) is 145 Å². The number of rotatable bonds is 31. The number of benzene rings is 12. The molecule has 0 aromatic heterocycles. The van der Waals surface area contributed by atoms with Crippen LogP contribution in [0.4, 0.5) is 22.7 Å². The second kappa shape index (κ2) is 46.2. The van der Waals surface area contributed by atoms with Gasteiger partial charge in [-0.05, 0) is 173 Å². The van der Waals surface area contributed by atoms with Gasteiger partial charge in [0, 0.05) is 52.8 Å². The van der Waals surface area contributed by atoms with Gasteiger partial charge in [0.15, 0.2) is 23.1 Å². The molecule has 0 fully saturated rings. The molecule has 12 aromatic rings. The van der Waals surface area contributed by atoms with Crippen molar-refractivity contribution in [2.45, 2.75) is 113 Å². The van der Waals surface area contributed by atoms with Crippen molar-refractivity contribution in [3.63, 3.8) is 0 Å². The second-order valence-corrected chi connectivity index (χ2v) is 28.6. The Morgan fingerprint density at radius 1 is 0.284 bits per heavy atom. The van der Waals surface area contributed by atoms with Crippen molar-refractivity contribution in [1.29, 1.82) is 0 Å². The summed E-state index contributed by atoms with van der Waals surface area (Å²) in [4.78, 5) is 104. The molecule has 4 N–H and O–H groups in total. The molecule has 116 heavy (non-hydrogen) atoms. The van der Waals surface area contributed by atoms with Crippen LogP contribution >= 0.6 is 11.8 Å². The van der Waals surface area contributed by atoms with Gasteiger partial charge in [0.2, 0.25) is 0 Å². The van der Waals surface area contributed by atoms with Crippen LogP contribution in [0.3, 0.4) is 0 Å². The molecular formula is C100H102N4O11S. The number of carbonyl (C=O) groups is 8. The number of hydrogen-bond donors (Lipinski definition) is 4. The van der Waals surface area contributed by atoms with Crippen molar-refractivity contribution in [2.75, 3.05) is 46.8 Å². The Labute approximate surface area is 686 Å². The van der Waals surface area contributed by atoms with Crippen molar-refractivity contribution in [3.05, 3.63) is 380 Å². The smallest absolute Gasteiger partial charge is 0.259 e. The number of ketones is 4. The zero-order valence-electron chi connectivity index (χ0n) is 66.4. The molecule has 0 bridgehead atoms. The number of hydrogen-bond acceptors (Lipinski definition) is 12. The van der Waals surface area contributed by atoms with Crippen LogP contribution in [0.5, 0.6) is 17.2 Å². The van der Waals surface area contributed by atoms with Gasteiger partial charge in [0.05, 0.1) is 64.8 Å². The highest BCUT2D eigenvalue weighted by molar-refractivity contribution is 7.99. The Morgan fingerprint density at radius 3 is 0.845 bits per heavy atom. The maximum Gasteiger partial charge on any atom is 0.259 e. The zero-order valence-corrected chi connectivity index (χ0v) is 67.2. The minimum Gasteiger partial charge on any atom is -0.493 e. The lowest BCUT2D eigenvalue weighted by Gasteiger charge is -2.13. The third kappa shape index (κ3) is 26.8. The van der Waals surface area contributed by atoms with Crippen LogP contribution in [0.2, 0.25) is 0 Å². The van der Waals surface area contributed by atoms with Gasteiger partial charge in [-0.15, -0.1) is 11.8 Å². The van der Waals surface area contributed by atoms with Crippen LogP contribution in [0, 0.1) is 27.7 Å². The predicted octanol–water partition coefficient (Wildman–Crippen LogP) is 22.8. The molecule has 0 atom stereocenters. The van der Waals surface area contributed by atoms with Crippen LogP contribution in [-0.2, 0) is 25.7 Å². The lowest BCUT2D eigenvalue weighted by atomic mass is 10.00. The predicted molar refractivity (Wildman–Crippen MR) is 471 cm³/mol. The second-order valence-electron chi connectivity index (χ2n) is 27.3. The van der Waals surface area contributed by atoms with Gasteiger partial charge in [-0.25, -0.2) is 0 Å². The van der Waals surface area contributed by atoms with Gasteiger partial charge in [-0.2, -0.15) is 0 Å². The minimum atomic E-state index is -0.306. The van der Waals surface area contributed by atoms with Crippen LogP contribution in [0.25, 0.3) is 0 Å². The monoisotopic (exact) mass is 1570 g/mol. The number of ether oxygens (including phenoxy) is 3. The molecule has 0 saturated carbocycles. The Hall–Kier alpha value is -13.1. The quantitative estimate of drug-likeness (QED) is 0.0182. The fraction of sp³-hybridized carbons (Fsp3) is 0.200. The number of amides is 4. The van der Waals surface area contributed by atoms with E-state index >= 15 is 0 Å². The highest BCUT2D eigenvalue weighted by Crippen LogP contribution is 2.30. The number of aryl methyl sites for hydroxylation is 4. The first-order valence-corrected chi connectivity index (χ1v) is 39.7. The van der Waals surface area contributed by atoms with Gasteiger partial charge in [0.1, 0.15) is 17.2 Å². The van der Waals surface area contributed by atoms with Crippen LogP contribution in [0.15, 0.2) is 296 Å². The summed E-state index contributed by atoms with van der Waals surface area (Å²) in [6.07, 6.45) is 3.94. The molecular weight excluding hydrogens is 1470 g/mol. The van der Waals surface area contributed by atoms with Gasteiger partial charge in [-0.3, -0.25) is 38.4 Å². The fourth-order valence-electron chi connectivity index (χ4n) is 12.5. The van der Waals surface area contributed by atoms with E-state index in [1.807, 2.05) is 199 Å². The first-order chi connectivity index (χ1) is 55.8. The number of carbonyl (C=O) groups excluding carboxylic acids is 8. The number of Topliss-reactive ketones (excluding diaryl/α,β-unsaturated/α-hetero) is 4. The molecule has 16 heteroatoms. The molecule has 12 rings (SSSR count). The summed E-state index contributed by atoms with van der Waals surface area (Å²) in [6, 6.07) is 88.9. The highest BCUT2D eigenvalue weighted by atomic mass is 32.2. The van der Waals surface area contributed by atoms with Crippen molar-refractivity contribution >= 4 is 81.3 Å². The first-order valence-electron chi connectivity index (χ1n) is 38.7. The molecule has 0 heterocycles. The minimum absolute atomic E-state index is 0. The molecule has 15 nitrogen and oxygen atoms in total. The summed E-state index contributed by atoms with van der Waals surface area (Å²) in [5, 5.41) is 11.6. The first kappa shape index (κ1) is 88.5. The van der Waals surface area contributed by atoms with E-state index in [-0.39, 0.29) is 73.5 Å². The molecule has 594 valence electrons. The van der Waals surface area contributed by atoms with Gasteiger partial charge < -0.3 is 35.5 Å². The Balaban J connectivity index is 0.000000193. The average molecular weight is 1570 g/mol. The lowest BCUT2D eigenvalue weighted by Crippen LogP contribution is -2.17. The number of para-hydroxylation sites is 7. The molecule has 0 spiro atoms. The lowest BCUT2D eigenvalue weighted by molar-refractivity contribution is 0.0983. The van der Waals surface area contributed by atoms with Crippen LogP contribution < -0.4 is 35.5 Å². The number of nitrogens with one attached hydrogen (secondary N) is 4. The Kier molecular flexibility index (Phi) is 35.3. The summed E-state index contributed by atoms with van der Waals surface area (Å²) in [5.74, 6) is 1.25. The third-order valence-electron chi connectivity index (χ3n) is 18.0. The maximum atomic E-state index is 12.9. The summed E-state index contributed by atoms with van der Waals surface area (Å²) < 4.78 is 17.0. The standard InChI is InChI=1S/C26H27NO3.C25H25NO3.C24H23NO3.C24H23NO2S.CH4/c1-3-4-16-30-25-15-8-6-13-22(25)26(29)27-23-14-7-5-12-21(23)24(28)18-20-11-9-10-19(2)17-20;1-3-15-29-24-14-7-5-12-21(24)25(28)26-22-13-6-4-11-20(22)23(27)17-19-10-8-9-18(2)16-19;2*1-3-28-23-14-7-5-12-20(23)24(27)25-21-13-6-4-11-19(21)22(26)16-18-10-8-9-17(2)15-18;/h5-15,17H,3-4,16,18H2,1-2H3,(H,27,29);4-14,16H,3,15,17H2,1-2H3,(H,26,28);2*4-15H,3,16H2,1-2H3,(H,25,27);1H4. The van der Waals surface area contributed by atoms with Crippen molar-refractivity contribution < 1.29 is 52.6 Å². The summed E-state index contributed by atoms with van der Waals surface area (Å²) in [7, 11) is 0. The number of anilines is 4. The number of unbranched alkanes of at least 4 members (excludes halogenated alkanes) is 1. The summed E-state index contributed by atoms with van der Waals surface area (Å²) in [5.41, 5.74) is 14.3. The topological polar surface area (TPSA) is 212 Å². The SMILES string of the molecule is C.CCCCOc1ccccc1C(=O)Nc1ccccc1C(=O)Cc1cccc(C)c1.CCCOc1ccccc1C(=O)Nc1ccccc1C(=O)Cc1cccc(C)c1.CCOc1ccccc1C(=O)Nc1ccccc1C(=O)Cc1cccc(C)c1.CCSc1ccccc1C(=O)Nc1ccccc1C(=O)Cc1cccc(C)c1.